The summed E-state index contributed by atoms with van der Waals surface area (Å²) in [6.45, 7) is 4.71. The number of aryl methyl sites for hydroxylation is 1. The van der Waals surface area contributed by atoms with Gasteiger partial charge in [0.1, 0.15) is 11.6 Å². The van der Waals surface area contributed by atoms with Gasteiger partial charge in [-0.25, -0.2) is 4.39 Å². The lowest BCUT2D eigenvalue weighted by molar-refractivity contribution is 0.405. The smallest absolute Gasteiger partial charge is 0.128 e. The Hall–Kier alpha value is -1.87. The highest BCUT2D eigenvalue weighted by molar-refractivity contribution is 5.36. The minimum atomic E-state index is -0.157. The third-order valence-electron chi connectivity index (χ3n) is 3.60. The van der Waals surface area contributed by atoms with Crippen molar-refractivity contribution in [1.82, 2.24) is 5.32 Å². The summed E-state index contributed by atoms with van der Waals surface area (Å²) >= 11 is 0. The van der Waals surface area contributed by atoms with Gasteiger partial charge in [-0.2, -0.15) is 0 Å². The highest BCUT2D eigenvalue weighted by atomic mass is 19.1. The first-order chi connectivity index (χ1) is 10.2. The first-order valence-corrected chi connectivity index (χ1v) is 7.27. The molecule has 1 atom stereocenters. The van der Waals surface area contributed by atoms with Crippen molar-refractivity contribution >= 4 is 0 Å². The minimum Gasteiger partial charge on any atom is -0.496 e. The number of hydrogen-bond acceptors (Lipinski definition) is 2. The maximum absolute atomic E-state index is 14.2. The molecule has 0 aliphatic heterocycles. The fourth-order valence-electron chi connectivity index (χ4n) is 2.54. The van der Waals surface area contributed by atoms with E-state index in [1.807, 2.05) is 50.2 Å². The molecule has 0 spiro atoms. The second-order valence-electron chi connectivity index (χ2n) is 5.15. The fourth-order valence-corrected chi connectivity index (χ4v) is 2.54. The molecular weight excluding hydrogens is 265 g/mol. The lowest BCUT2D eigenvalue weighted by Crippen LogP contribution is -2.24. The van der Waals surface area contributed by atoms with Crippen molar-refractivity contribution in [2.75, 3.05) is 13.7 Å². The molecule has 0 bridgehead atoms. The first kappa shape index (κ1) is 15.5. The average Bonchev–Trinajstić information content (AvgIpc) is 2.47. The zero-order valence-corrected chi connectivity index (χ0v) is 12.8. The second-order valence-corrected chi connectivity index (χ2v) is 5.15. The van der Waals surface area contributed by atoms with Crippen molar-refractivity contribution in [2.45, 2.75) is 26.3 Å². The molecule has 21 heavy (non-hydrogen) atoms. The summed E-state index contributed by atoms with van der Waals surface area (Å²) in [6.07, 6.45) is 0.692. The molecule has 1 N–H and O–H groups in total. The predicted octanol–water partition coefficient (Wildman–Crippen LogP) is 4.04. The van der Waals surface area contributed by atoms with E-state index in [1.54, 1.807) is 13.2 Å². The number of likely N-dealkylation sites (N-methyl/N-ethyl adjacent to an activating group) is 1. The number of rotatable bonds is 6. The highest BCUT2D eigenvalue weighted by Crippen LogP contribution is 2.26. The van der Waals surface area contributed by atoms with E-state index < -0.39 is 0 Å². The number of benzene rings is 2. The standard InChI is InChI=1S/C18H22FNO/c1-4-20-17(15-10-9-13(2)11-16(15)19)12-14-7-5-6-8-18(14)21-3/h5-11,17,20H,4,12H2,1-3H3. The topological polar surface area (TPSA) is 21.3 Å². The van der Waals surface area contributed by atoms with Gasteiger partial charge >= 0.3 is 0 Å². The molecule has 0 aliphatic rings. The van der Waals surface area contributed by atoms with Crippen LogP contribution in [0, 0.1) is 12.7 Å². The second kappa shape index (κ2) is 7.23. The summed E-state index contributed by atoms with van der Waals surface area (Å²) in [5.74, 6) is 0.684. The monoisotopic (exact) mass is 287 g/mol. The van der Waals surface area contributed by atoms with Crippen molar-refractivity contribution in [3.8, 4) is 5.75 Å². The Morgan fingerprint density at radius 3 is 2.62 bits per heavy atom. The molecule has 0 aliphatic carbocycles. The Morgan fingerprint density at radius 2 is 1.95 bits per heavy atom. The van der Waals surface area contributed by atoms with E-state index in [4.69, 9.17) is 4.74 Å². The Balaban J connectivity index is 2.30. The summed E-state index contributed by atoms with van der Waals surface area (Å²) in [5.41, 5.74) is 2.71. The van der Waals surface area contributed by atoms with E-state index in [1.165, 1.54) is 0 Å². The largest absolute Gasteiger partial charge is 0.496 e. The molecule has 2 rings (SSSR count). The Morgan fingerprint density at radius 1 is 1.19 bits per heavy atom. The molecular formula is C18H22FNO. The number of ether oxygens (including phenoxy) is 1. The highest BCUT2D eigenvalue weighted by Gasteiger charge is 2.17. The summed E-state index contributed by atoms with van der Waals surface area (Å²) in [6, 6.07) is 13.2. The van der Waals surface area contributed by atoms with Crippen molar-refractivity contribution in [3.05, 3.63) is 65.0 Å². The van der Waals surface area contributed by atoms with Gasteiger partial charge in [0, 0.05) is 11.6 Å². The van der Waals surface area contributed by atoms with Crippen molar-refractivity contribution in [2.24, 2.45) is 0 Å². The van der Waals surface area contributed by atoms with E-state index in [9.17, 15) is 4.39 Å². The maximum Gasteiger partial charge on any atom is 0.128 e. The summed E-state index contributed by atoms with van der Waals surface area (Å²) in [7, 11) is 1.66. The van der Waals surface area contributed by atoms with Crippen LogP contribution in [-0.4, -0.2) is 13.7 Å². The zero-order valence-electron chi connectivity index (χ0n) is 12.8. The van der Waals surface area contributed by atoms with Gasteiger partial charge in [-0.05, 0) is 43.1 Å². The number of halogens is 1. The molecule has 0 saturated carbocycles. The fraction of sp³-hybridized carbons (Fsp3) is 0.333. The normalized spacial score (nSPS) is 12.2. The molecule has 0 radical (unpaired) electrons. The van der Waals surface area contributed by atoms with E-state index in [2.05, 4.69) is 5.32 Å². The average molecular weight is 287 g/mol. The third kappa shape index (κ3) is 3.82. The molecule has 0 amide bonds. The SMILES string of the molecule is CCNC(Cc1ccccc1OC)c1ccc(C)cc1F. The van der Waals surface area contributed by atoms with E-state index in [0.717, 1.165) is 23.4 Å². The van der Waals surface area contributed by atoms with Crippen LogP contribution in [-0.2, 0) is 6.42 Å². The number of hydrogen-bond donors (Lipinski definition) is 1. The van der Waals surface area contributed by atoms with Crippen molar-refractivity contribution in [3.63, 3.8) is 0 Å². The van der Waals surface area contributed by atoms with Gasteiger partial charge in [-0.3, -0.25) is 0 Å². The number of methoxy groups -OCH3 is 1. The van der Waals surface area contributed by atoms with E-state index in [-0.39, 0.29) is 11.9 Å². The molecule has 0 saturated heterocycles. The van der Waals surface area contributed by atoms with Crippen LogP contribution in [0.5, 0.6) is 5.75 Å². The lowest BCUT2D eigenvalue weighted by atomic mass is 9.97. The van der Waals surface area contributed by atoms with Crippen LogP contribution in [0.1, 0.15) is 29.7 Å². The van der Waals surface area contributed by atoms with E-state index in [0.29, 0.717) is 12.0 Å². The van der Waals surface area contributed by atoms with Crippen LogP contribution in [0.3, 0.4) is 0 Å². The Bertz CT molecular complexity index is 598. The van der Waals surface area contributed by atoms with Crippen molar-refractivity contribution in [1.29, 1.82) is 0 Å². The molecule has 2 aromatic carbocycles. The quantitative estimate of drug-likeness (QED) is 0.866. The van der Waals surface area contributed by atoms with Gasteiger partial charge in [0.2, 0.25) is 0 Å². The van der Waals surface area contributed by atoms with E-state index >= 15 is 0 Å². The van der Waals surface area contributed by atoms with Gasteiger partial charge in [0.15, 0.2) is 0 Å². The van der Waals surface area contributed by atoms with Crippen LogP contribution in [0.25, 0.3) is 0 Å². The van der Waals surface area contributed by atoms with Gasteiger partial charge < -0.3 is 10.1 Å². The van der Waals surface area contributed by atoms with Gasteiger partial charge in [0.05, 0.1) is 7.11 Å². The van der Waals surface area contributed by atoms with Gasteiger partial charge in [-0.15, -0.1) is 0 Å². The Labute approximate surface area is 126 Å². The molecule has 0 aromatic heterocycles. The van der Waals surface area contributed by atoms with Crippen molar-refractivity contribution < 1.29 is 9.13 Å². The van der Waals surface area contributed by atoms with Gasteiger partial charge in [0.25, 0.3) is 0 Å². The summed E-state index contributed by atoms with van der Waals surface area (Å²) in [5, 5.41) is 3.36. The zero-order chi connectivity index (χ0) is 15.2. The van der Waals surface area contributed by atoms with Crippen LogP contribution < -0.4 is 10.1 Å². The predicted molar refractivity (Wildman–Crippen MR) is 84.3 cm³/mol. The lowest BCUT2D eigenvalue weighted by Gasteiger charge is -2.20. The van der Waals surface area contributed by atoms with Crippen LogP contribution in [0.2, 0.25) is 0 Å². The number of para-hydroxylation sites is 1. The molecule has 3 heteroatoms. The summed E-state index contributed by atoms with van der Waals surface area (Å²) in [4.78, 5) is 0. The molecule has 0 heterocycles. The minimum absolute atomic E-state index is 0.0631. The first-order valence-electron chi connectivity index (χ1n) is 7.27. The maximum atomic E-state index is 14.2. The van der Waals surface area contributed by atoms with Crippen LogP contribution >= 0.6 is 0 Å². The molecule has 2 nitrogen and oxygen atoms in total. The van der Waals surface area contributed by atoms with Gasteiger partial charge in [-0.1, -0.05) is 37.3 Å². The molecule has 2 aromatic rings. The van der Waals surface area contributed by atoms with Crippen LogP contribution in [0.15, 0.2) is 42.5 Å². The third-order valence-corrected chi connectivity index (χ3v) is 3.60. The number of nitrogens with one attached hydrogen (secondary N) is 1. The summed E-state index contributed by atoms with van der Waals surface area (Å²) < 4.78 is 19.6. The molecule has 112 valence electrons. The molecule has 1 unspecified atom stereocenters. The molecule has 0 fully saturated rings. The Kier molecular flexibility index (Phi) is 5.34. The van der Waals surface area contributed by atoms with Crippen LogP contribution in [0.4, 0.5) is 4.39 Å².